The zero-order valence-corrected chi connectivity index (χ0v) is 15.0. The third-order valence-electron chi connectivity index (χ3n) is 4.11. The molecule has 142 valence electrons. The van der Waals surface area contributed by atoms with Crippen LogP contribution in [0.4, 0.5) is 0 Å². The first-order chi connectivity index (χ1) is 12.0. The number of carbonyl (C=O) groups is 3. The number of phenols is 1. The highest BCUT2D eigenvalue weighted by molar-refractivity contribution is 8.01. The SMILES string of the molecule is CC1(C)S[C@@H]([C@H](NC(=O)C(N)c2ccc(O)cc2)C(=O)O)NC1C(=O)O. The topological polar surface area (TPSA) is 162 Å². The molecule has 1 aliphatic rings. The van der Waals surface area contributed by atoms with Crippen LogP contribution in [0.1, 0.15) is 25.5 Å². The minimum atomic E-state index is -1.36. The molecule has 0 spiro atoms. The van der Waals surface area contributed by atoms with Crippen molar-refractivity contribution in [3.63, 3.8) is 0 Å². The summed E-state index contributed by atoms with van der Waals surface area (Å²) in [5, 5.41) is 32.3. The molecule has 2 rings (SSSR count). The number of hydrogen-bond acceptors (Lipinski definition) is 7. The van der Waals surface area contributed by atoms with E-state index in [1.165, 1.54) is 24.3 Å². The monoisotopic (exact) mass is 383 g/mol. The summed E-state index contributed by atoms with van der Waals surface area (Å²) in [7, 11) is 0. The number of aromatic hydroxyl groups is 1. The van der Waals surface area contributed by atoms with E-state index in [0.717, 1.165) is 11.8 Å². The molecule has 1 fully saturated rings. The predicted molar refractivity (Wildman–Crippen MR) is 94.6 cm³/mol. The summed E-state index contributed by atoms with van der Waals surface area (Å²) in [5.41, 5.74) is 6.26. The van der Waals surface area contributed by atoms with Crippen LogP contribution in [0.2, 0.25) is 0 Å². The first-order valence-corrected chi connectivity index (χ1v) is 8.65. The average Bonchev–Trinajstić information content (AvgIpc) is 2.87. The van der Waals surface area contributed by atoms with Gasteiger partial charge in [-0.05, 0) is 31.5 Å². The summed E-state index contributed by atoms with van der Waals surface area (Å²) in [6, 6.07) is 2.20. The fourth-order valence-corrected chi connectivity index (χ4v) is 4.15. The second-order valence-corrected chi connectivity index (χ2v) is 8.27. The van der Waals surface area contributed by atoms with Crippen LogP contribution < -0.4 is 16.4 Å². The van der Waals surface area contributed by atoms with Gasteiger partial charge in [-0.3, -0.25) is 14.9 Å². The van der Waals surface area contributed by atoms with Crippen LogP contribution in [0.3, 0.4) is 0 Å². The van der Waals surface area contributed by atoms with E-state index in [0.29, 0.717) is 5.56 Å². The van der Waals surface area contributed by atoms with Crippen molar-refractivity contribution in [3.8, 4) is 5.75 Å². The number of carboxylic acids is 2. The van der Waals surface area contributed by atoms with E-state index in [1.807, 2.05) is 0 Å². The number of benzene rings is 1. The van der Waals surface area contributed by atoms with Crippen LogP contribution in [0.25, 0.3) is 0 Å². The molecule has 0 aromatic heterocycles. The molecular weight excluding hydrogens is 362 g/mol. The number of carbonyl (C=O) groups excluding carboxylic acids is 1. The molecular formula is C16H21N3O6S. The molecule has 9 nitrogen and oxygen atoms in total. The molecule has 1 amide bonds. The molecule has 7 N–H and O–H groups in total. The van der Waals surface area contributed by atoms with Crippen molar-refractivity contribution in [3.05, 3.63) is 29.8 Å². The summed E-state index contributed by atoms with van der Waals surface area (Å²) in [4.78, 5) is 35.3. The quantitative estimate of drug-likeness (QED) is 0.392. The van der Waals surface area contributed by atoms with Gasteiger partial charge < -0.3 is 26.4 Å². The van der Waals surface area contributed by atoms with Crippen LogP contribution in [-0.4, -0.2) is 55.4 Å². The van der Waals surface area contributed by atoms with Crippen molar-refractivity contribution in [2.24, 2.45) is 5.73 Å². The van der Waals surface area contributed by atoms with E-state index in [-0.39, 0.29) is 5.75 Å². The third kappa shape index (κ3) is 4.26. The maximum Gasteiger partial charge on any atom is 0.328 e. The number of rotatable bonds is 6. The van der Waals surface area contributed by atoms with Gasteiger partial charge in [0.25, 0.3) is 0 Å². The van der Waals surface area contributed by atoms with Crippen molar-refractivity contribution in [1.29, 1.82) is 0 Å². The average molecular weight is 383 g/mol. The molecule has 1 heterocycles. The number of phenolic OH excluding ortho intramolecular Hbond substituents is 1. The lowest BCUT2D eigenvalue weighted by Gasteiger charge is -2.23. The summed E-state index contributed by atoms with van der Waals surface area (Å²) in [6.45, 7) is 3.37. The number of amides is 1. The maximum atomic E-state index is 12.4. The number of hydrogen-bond donors (Lipinski definition) is 6. The van der Waals surface area contributed by atoms with Crippen molar-refractivity contribution >= 4 is 29.6 Å². The zero-order valence-electron chi connectivity index (χ0n) is 14.2. The standard InChI is InChI=1S/C16H21N3O6S/c1-16(2)11(15(24)25)19-13(26-16)10(14(22)23)18-12(21)9(17)7-3-5-8(20)6-4-7/h3-6,9-11,13,19-20H,17H2,1-2H3,(H,18,21)(H,22,23)(H,24,25)/t9?,10-,11?,13-/m0/s1. The van der Waals surface area contributed by atoms with E-state index in [1.54, 1.807) is 13.8 Å². The molecule has 0 saturated carbocycles. The van der Waals surface area contributed by atoms with Crippen LogP contribution in [0.15, 0.2) is 24.3 Å². The highest BCUT2D eigenvalue weighted by Gasteiger charge is 2.49. The van der Waals surface area contributed by atoms with E-state index in [4.69, 9.17) is 5.73 Å². The van der Waals surface area contributed by atoms with Gasteiger partial charge in [0.1, 0.15) is 17.8 Å². The number of nitrogens with two attached hydrogens (primary N) is 1. The van der Waals surface area contributed by atoms with Gasteiger partial charge in [0.15, 0.2) is 6.04 Å². The molecule has 26 heavy (non-hydrogen) atoms. The Morgan fingerprint density at radius 2 is 1.81 bits per heavy atom. The molecule has 1 saturated heterocycles. The van der Waals surface area contributed by atoms with Crippen molar-refractivity contribution in [2.75, 3.05) is 0 Å². The Morgan fingerprint density at radius 3 is 2.27 bits per heavy atom. The fourth-order valence-electron chi connectivity index (χ4n) is 2.67. The Labute approximate surface area is 154 Å². The van der Waals surface area contributed by atoms with Crippen LogP contribution in [0.5, 0.6) is 5.75 Å². The Hall–Kier alpha value is -2.30. The van der Waals surface area contributed by atoms with Crippen molar-refractivity contribution in [1.82, 2.24) is 10.6 Å². The Bertz CT molecular complexity index is 708. The van der Waals surface area contributed by atoms with Gasteiger partial charge >= 0.3 is 11.9 Å². The number of nitrogens with one attached hydrogen (secondary N) is 2. The first-order valence-electron chi connectivity index (χ1n) is 7.77. The first kappa shape index (κ1) is 20.0. The highest BCUT2D eigenvalue weighted by atomic mass is 32.2. The molecule has 1 aromatic rings. The Morgan fingerprint density at radius 1 is 1.23 bits per heavy atom. The van der Waals surface area contributed by atoms with Gasteiger partial charge in [-0.1, -0.05) is 12.1 Å². The molecule has 0 radical (unpaired) electrons. The Balaban J connectivity index is 2.13. The highest BCUT2D eigenvalue weighted by Crippen LogP contribution is 2.39. The zero-order chi connectivity index (χ0) is 19.6. The minimum Gasteiger partial charge on any atom is -0.508 e. The number of thioether (sulfide) groups is 1. The molecule has 0 aliphatic carbocycles. The molecule has 4 atom stereocenters. The van der Waals surface area contributed by atoms with Crippen molar-refractivity contribution in [2.45, 2.75) is 42.1 Å². The van der Waals surface area contributed by atoms with Gasteiger partial charge in [-0.15, -0.1) is 11.8 Å². The van der Waals surface area contributed by atoms with Crippen molar-refractivity contribution < 1.29 is 29.7 Å². The van der Waals surface area contributed by atoms with Gasteiger partial charge in [0.05, 0.1) is 5.37 Å². The van der Waals surface area contributed by atoms with Gasteiger partial charge in [-0.2, -0.15) is 0 Å². The lowest BCUT2D eigenvalue weighted by molar-refractivity contribution is -0.143. The second kappa shape index (κ2) is 7.52. The molecule has 1 aliphatic heterocycles. The summed E-state index contributed by atoms with van der Waals surface area (Å²) in [5.74, 6) is -3.11. The van der Waals surface area contributed by atoms with Gasteiger partial charge in [0.2, 0.25) is 5.91 Å². The lowest BCUT2D eigenvalue weighted by atomic mass is 10.0. The van der Waals surface area contributed by atoms with E-state index >= 15 is 0 Å². The summed E-state index contributed by atoms with van der Waals surface area (Å²) < 4.78 is -0.756. The molecule has 0 bridgehead atoms. The molecule has 2 unspecified atom stereocenters. The third-order valence-corrected chi connectivity index (χ3v) is 5.61. The molecule has 1 aromatic carbocycles. The van der Waals surface area contributed by atoms with Crippen LogP contribution in [-0.2, 0) is 14.4 Å². The predicted octanol–water partition coefficient (Wildman–Crippen LogP) is -0.144. The second-order valence-electron chi connectivity index (χ2n) is 6.47. The van der Waals surface area contributed by atoms with Crippen LogP contribution >= 0.6 is 11.8 Å². The lowest BCUT2D eigenvalue weighted by Crippen LogP contribution is -2.55. The van der Waals surface area contributed by atoms with Gasteiger partial charge in [0, 0.05) is 4.75 Å². The summed E-state index contributed by atoms with van der Waals surface area (Å²) in [6.07, 6.45) is 0. The Kier molecular flexibility index (Phi) is 5.79. The van der Waals surface area contributed by atoms with E-state index in [9.17, 15) is 29.7 Å². The minimum absolute atomic E-state index is 0.0123. The van der Waals surface area contributed by atoms with E-state index < -0.39 is 46.1 Å². The fraction of sp³-hybridized carbons (Fsp3) is 0.438. The number of aliphatic carboxylic acids is 2. The van der Waals surface area contributed by atoms with E-state index in [2.05, 4.69) is 10.6 Å². The smallest absolute Gasteiger partial charge is 0.328 e. The van der Waals surface area contributed by atoms with Crippen LogP contribution in [0, 0.1) is 0 Å². The molecule has 10 heteroatoms. The maximum absolute atomic E-state index is 12.4. The largest absolute Gasteiger partial charge is 0.508 e. The van der Waals surface area contributed by atoms with Gasteiger partial charge in [-0.25, -0.2) is 4.79 Å². The number of carboxylic acid groups (broad SMARTS) is 2. The normalized spacial score (nSPS) is 23.8. The summed E-state index contributed by atoms with van der Waals surface area (Å²) >= 11 is 1.13.